The summed E-state index contributed by atoms with van der Waals surface area (Å²) in [5.41, 5.74) is 1.29. The maximum absolute atomic E-state index is 10.3. The molecule has 6 nitrogen and oxygen atoms in total. The Balaban J connectivity index is 2.04. The van der Waals surface area contributed by atoms with Gasteiger partial charge in [0.2, 0.25) is 10.4 Å². The molecule has 0 bridgehead atoms. The number of hydrogen-bond acceptors (Lipinski definition) is 5. The Kier molecular flexibility index (Phi) is 12.3. The molecule has 0 fully saturated rings. The van der Waals surface area contributed by atoms with Crippen LogP contribution in [0, 0.1) is 0 Å². The molecule has 0 radical (unpaired) electrons. The van der Waals surface area contributed by atoms with Gasteiger partial charge in [-0.25, -0.2) is 13.4 Å². The van der Waals surface area contributed by atoms with E-state index in [1.807, 2.05) is 12.4 Å². The second kappa shape index (κ2) is 13.9. The van der Waals surface area contributed by atoms with E-state index in [0.29, 0.717) is 6.42 Å². The van der Waals surface area contributed by atoms with Gasteiger partial charge in [-0.3, -0.25) is 4.18 Å². The monoisotopic (exact) mass is 386 g/mol. The summed E-state index contributed by atoms with van der Waals surface area (Å²) in [6.07, 6.45) is 15.0. The van der Waals surface area contributed by atoms with Crippen LogP contribution in [-0.4, -0.2) is 32.7 Å². The number of H-pyrrole nitrogens is 1. The van der Waals surface area contributed by atoms with Crippen molar-refractivity contribution in [3.05, 3.63) is 24.5 Å². The van der Waals surface area contributed by atoms with Gasteiger partial charge < -0.3 is 9.45 Å². The van der Waals surface area contributed by atoms with Crippen LogP contribution in [-0.2, 0) is 14.6 Å². The average molecular weight is 387 g/mol. The van der Waals surface area contributed by atoms with E-state index in [-0.39, 0.29) is 6.61 Å². The highest BCUT2D eigenvalue weighted by Crippen LogP contribution is 2.15. The van der Waals surface area contributed by atoms with Crippen molar-refractivity contribution in [2.24, 2.45) is 0 Å². The van der Waals surface area contributed by atoms with E-state index >= 15 is 0 Å². The molecule has 0 aliphatic rings. The molecule has 0 atom stereocenters. The van der Waals surface area contributed by atoms with Gasteiger partial charge in [0, 0.05) is 30.9 Å². The molecule has 0 saturated heterocycles. The molecule has 1 N–H and O–H groups in total. The number of pyridine rings is 1. The highest BCUT2D eigenvalue weighted by Gasteiger charge is 2.06. The Morgan fingerprint density at radius 1 is 0.923 bits per heavy atom. The standard InChI is InChI=1S/C19H34N2O4S/c1-2-3-16-21(19-12-14-20-15-13-19)17-10-8-6-4-5-7-9-11-18-25-26(22,23)24/h12-15H,2-11,16-18H2,1H3,(H,22,23,24). The van der Waals surface area contributed by atoms with Crippen molar-refractivity contribution in [1.82, 2.24) is 0 Å². The quantitative estimate of drug-likeness (QED) is 0.246. The summed E-state index contributed by atoms with van der Waals surface area (Å²) >= 11 is 0. The smallest absolute Gasteiger partial charge is 0.217 e. The van der Waals surface area contributed by atoms with Gasteiger partial charge in [0.05, 0.1) is 6.61 Å². The summed E-state index contributed by atoms with van der Waals surface area (Å²) in [4.78, 5) is 5.55. The van der Waals surface area contributed by atoms with Crippen LogP contribution >= 0.6 is 0 Å². The fourth-order valence-corrected chi connectivity index (χ4v) is 3.26. The zero-order valence-corrected chi connectivity index (χ0v) is 16.8. The molecule has 0 unspecified atom stereocenters. The van der Waals surface area contributed by atoms with Crippen molar-refractivity contribution >= 4 is 16.1 Å². The number of nitrogens with one attached hydrogen (secondary N) is 1. The normalized spacial score (nSPS) is 11.6. The first-order valence-corrected chi connectivity index (χ1v) is 11.2. The second-order valence-electron chi connectivity index (χ2n) is 6.66. The van der Waals surface area contributed by atoms with Gasteiger partial charge in [-0.1, -0.05) is 51.9 Å². The highest BCUT2D eigenvalue weighted by molar-refractivity contribution is 7.80. The van der Waals surface area contributed by atoms with Crippen molar-refractivity contribution in [2.45, 2.75) is 71.1 Å². The SMILES string of the molecule is CCCCN(CCCCCCCCCCOS(=O)(=O)[O-])c1cc[nH+]cc1. The van der Waals surface area contributed by atoms with E-state index in [1.54, 1.807) is 0 Å². The summed E-state index contributed by atoms with van der Waals surface area (Å²) in [6, 6.07) is 4.27. The van der Waals surface area contributed by atoms with E-state index < -0.39 is 10.4 Å². The molecule has 0 aromatic carbocycles. The van der Waals surface area contributed by atoms with Crippen LogP contribution in [0.5, 0.6) is 0 Å². The third-order valence-corrected chi connectivity index (χ3v) is 4.85. The lowest BCUT2D eigenvalue weighted by Gasteiger charge is -2.24. The molecule has 0 aliphatic heterocycles. The Morgan fingerprint density at radius 2 is 1.46 bits per heavy atom. The lowest BCUT2D eigenvalue weighted by Crippen LogP contribution is -2.26. The molecule has 26 heavy (non-hydrogen) atoms. The zero-order valence-electron chi connectivity index (χ0n) is 16.0. The molecular formula is C19H34N2O4S. The summed E-state index contributed by atoms with van der Waals surface area (Å²) in [5.74, 6) is 0. The van der Waals surface area contributed by atoms with E-state index in [9.17, 15) is 13.0 Å². The van der Waals surface area contributed by atoms with Gasteiger partial charge in [0.1, 0.15) is 0 Å². The summed E-state index contributed by atoms with van der Waals surface area (Å²) in [7, 11) is -4.52. The van der Waals surface area contributed by atoms with Crippen LogP contribution in [0.25, 0.3) is 0 Å². The molecule has 7 heteroatoms. The number of anilines is 1. The number of aromatic amines is 1. The third-order valence-electron chi connectivity index (χ3n) is 4.40. The molecule has 0 spiro atoms. The topological polar surface area (TPSA) is 83.8 Å². The molecule has 0 amide bonds. The minimum absolute atomic E-state index is 0.0106. The largest absolute Gasteiger partial charge is 0.726 e. The molecule has 0 aliphatic carbocycles. The molecule has 1 rings (SSSR count). The van der Waals surface area contributed by atoms with Gasteiger partial charge in [-0.05, 0) is 19.3 Å². The van der Waals surface area contributed by atoms with Crippen LogP contribution < -0.4 is 9.88 Å². The van der Waals surface area contributed by atoms with E-state index in [0.717, 1.165) is 32.4 Å². The number of aromatic nitrogens is 1. The fraction of sp³-hybridized carbons (Fsp3) is 0.737. The maximum Gasteiger partial charge on any atom is 0.217 e. The van der Waals surface area contributed by atoms with Gasteiger partial charge >= 0.3 is 0 Å². The van der Waals surface area contributed by atoms with Crippen LogP contribution in [0.1, 0.15) is 71.1 Å². The fourth-order valence-electron chi connectivity index (χ4n) is 2.93. The molecule has 1 aromatic rings. The predicted molar refractivity (Wildman–Crippen MR) is 103 cm³/mol. The predicted octanol–water partition coefficient (Wildman–Crippen LogP) is 3.70. The van der Waals surface area contributed by atoms with Crippen molar-refractivity contribution in [3.8, 4) is 0 Å². The average Bonchev–Trinajstić information content (AvgIpc) is 2.62. The Labute approximate surface area is 158 Å². The third kappa shape index (κ3) is 12.2. The molecule has 1 heterocycles. The molecule has 1 aromatic heterocycles. The Morgan fingerprint density at radius 3 is 2.04 bits per heavy atom. The molecular weight excluding hydrogens is 352 g/mol. The number of nitrogens with zero attached hydrogens (tertiary/aromatic N) is 1. The number of unbranched alkanes of at least 4 members (excludes halogenated alkanes) is 8. The number of rotatable bonds is 16. The van der Waals surface area contributed by atoms with Crippen molar-refractivity contribution in [3.63, 3.8) is 0 Å². The van der Waals surface area contributed by atoms with Gasteiger partial charge in [-0.15, -0.1) is 0 Å². The summed E-state index contributed by atoms with van der Waals surface area (Å²) < 4.78 is 35.0. The second-order valence-corrected chi connectivity index (χ2v) is 7.71. The molecule has 0 saturated carbocycles. The lowest BCUT2D eigenvalue weighted by molar-refractivity contribution is -0.377. The van der Waals surface area contributed by atoms with E-state index in [1.165, 1.54) is 44.2 Å². The van der Waals surface area contributed by atoms with Crippen LogP contribution in [0.4, 0.5) is 5.69 Å². The first kappa shape index (κ1) is 22.9. The van der Waals surface area contributed by atoms with E-state index in [4.69, 9.17) is 0 Å². The minimum atomic E-state index is -4.52. The van der Waals surface area contributed by atoms with Gasteiger partial charge in [0.25, 0.3) is 0 Å². The lowest BCUT2D eigenvalue weighted by atomic mass is 10.1. The maximum atomic E-state index is 10.3. The van der Waals surface area contributed by atoms with Crippen LogP contribution in [0.3, 0.4) is 0 Å². The van der Waals surface area contributed by atoms with Gasteiger partial charge in [0.15, 0.2) is 12.4 Å². The van der Waals surface area contributed by atoms with Crippen molar-refractivity contribution in [1.29, 1.82) is 0 Å². The molecule has 150 valence electrons. The van der Waals surface area contributed by atoms with Crippen LogP contribution in [0.2, 0.25) is 0 Å². The zero-order chi connectivity index (χ0) is 19.1. The first-order chi connectivity index (χ1) is 12.5. The minimum Gasteiger partial charge on any atom is -0.726 e. The van der Waals surface area contributed by atoms with Gasteiger partial charge in [-0.2, -0.15) is 0 Å². The van der Waals surface area contributed by atoms with E-state index in [2.05, 4.69) is 33.1 Å². The Hall–Kier alpha value is -1.18. The number of hydrogen-bond donors (Lipinski definition) is 0. The highest BCUT2D eigenvalue weighted by atomic mass is 32.3. The first-order valence-electron chi connectivity index (χ1n) is 9.84. The summed E-state index contributed by atoms with van der Waals surface area (Å²) in [6.45, 7) is 4.45. The Bertz CT molecular complexity index is 552. The van der Waals surface area contributed by atoms with Crippen LogP contribution in [0.15, 0.2) is 24.5 Å². The van der Waals surface area contributed by atoms with Crippen molar-refractivity contribution in [2.75, 3.05) is 24.6 Å². The van der Waals surface area contributed by atoms with Crippen molar-refractivity contribution < 1.29 is 22.1 Å². The summed E-state index contributed by atoms with van der Waals surface area (Å²) in [5, 5.41) is 0.